The van der Waals surface area contributed by atoms with Gasteiger partial charge in [-0.25, -0.2) is 0 Å². The van der Waals surface area contributed by atoms with Gasteiger partial charge in [0.25, 0.3) is 5.56 Å². The molecule has 0 radical (unpaired) electrons. The number of hydrogen-bond donors (Lipinski definition) is 0. The molecule has 0 saturated carbocycles. The molecule has 0 bridgehead atoms. The van der Waals surface area contributed by atoms with E-state index in [2.05, 4.69) is 0 Å². The van der Waals surface area contributed by atoms with E-state index in [-0.39, 0.29) is 17.9 Å². The van der Waals surface area contributed by atoms with E-state index in [0.29, 0.717) is 16.8 Å². The molecule has 0 N–H and O–H groups in total. The van der Waals surface area contributed by atoms with Gasteiger partial charge in [-0.15, -0.1) is 0 Å². The SMILES string of the molecule is COc1cccc2c(C)cc(=O)n(CC(=O)c3ccc(C)c(C)c3)c12. The molecule has 0 saturated heterocycles. The molecule has 0 spiro atoms. The highest BCUT2D eigenvalue weighted by atomic mass is 16.5. The number of para-hydroxylation sites is 1. The Morgan fingerprint density at radius 1 is 1.00 bits per heavy atom. The topological polar surface area (TPSA) is 48.3 Å². The third kappa shape index (κ3) is 3.07. The Bertz CT molecular complexity index is 1030. The van der Waals surface area contributed by atoms with Gasteiger partial charge in [-0.3, -0.25) is 14.2 Å². The lowest BCUT2D eigenvalue weighted by molar-refractivity contribution is 0.0972. The summed E-state index contributed by atoms with van der Waals surface area (Å²) in [7, 11) is 1.57. The maximum Gasteiger partial charge on any atom is 0.251 e. The normalized spacial score (nSPS) is 10.9. The molecule has 3 aromatic rings. The zero-order valence-electron chi connectivity index (χ0n) is 14.9. The van der Waals surface area contributed by atoms with Crippen LogP contribution in [0.3, 0.4) is 0 Å². The third-order valence-electron chi connectivity index (χ3n) is 4.65. The van der Waals surface area contributed by atoms with Crippen molar-refractivity contribution in [3.63, 3.8) is 0 Å². The fraction of sp³-hybridized carbons (Fsp3) is 0.238. The Balaban J connectivity index is 2.14. The van der Waals surface area contributed by atoms with Crippen molar-refractivity contribution >= 4 is 16.7 Å². The number of rotatable bonds is 4. The minimum Gasteiger partial charge on any atom is -0.495 e. The Labute approximate surface area is 146 Å². The van der Waals surface area contributed by atoms with Crippen molar-refractivity contribution in [2.75, 3.05) is 7.11 Å². The van der Waals surface area contributed by atoms with Crippen LogP contribution >= 0.6 is 0 Å². The van der Waals surface area contributed by atoms with Crippen molar-refractivity contribution < 1.29 is 9.53 Å². The molecule has 0 aliphatic heterocycles. The van der Waals surface area contributed by atoms with Crippen LogP contribution < -0.4 is 10.3 Å². The summed E-state index contributed by atoms with van der Waals surface area (Å²) in [4.78, 5) is 25.3. The van der Waals surface area contributed by atoms with E-state index in [9.17, 15) is 9.59 Å². The first-order valence-electron chi connectivity index (χ1n) is 8.20. The number of methoxy groups -OCH3 is 1. The molecule has 128 valence electrons. The summed E-state index contributed by atoms with van der Waals surface area (Å²) in [5.74, 6) is 0.493. The van der Waals surface area contributed by atoms with Gasteiger partial charge in [-0.05, 0) is 49.6 Å². The molecule has 25 heavy (non-hydrogen) atoms. The zero-order valence-corrected chi connectivity index (χ0v) is 14.9. The number of aromatic nitrogens is 1. The van der Waals surface area contributed by atoms with Crippen molar-refractivity contribution in [1.82, 2.24) is 4.57 Å². The van der Waals surface area contributed by atoms with E-state index in [0.717, 1.165) is 22.1 Å². The summed E-state index contributed by atoms with van der Waals surface area (Å²) in [5, 5.41) is 0.909. The van der Waals surface area contributed by atoms with Gasteiger partial charge in [0.05, 0.1) is 19.2 Å². The number of nitrogens with zero attached hydrogens (tertiary/aromatic N) is 1. The molecule has 1 aromatic heterocycles. The van der Waals surface area contributed by atoms with Gasteiger partial charge in [-0.1, -0.05) is 24.3 Å². The van der Waals surface area contributed by atoms with Crippen LogP contribution in [0, 0.1) is 20.8 Å². The summed E-state index contributed by atoms with van der Waals surface area (Å²) in [5.41, 5.74) is 4.13. The van der Waals surface area contributed by atoms with Gasteiger partial charge in [0.2, 0.25) is 0 Å². The first-order valence-corrected chi connectivity index (χ1v) is 8.20. The van der Waals surface area contributed by atoms with E-state index in [1.165, 1.54) is 4.57 Å². The molecule has 0 unspecified atom stereocenters. The van der Waals surface area contributed by atoms with Crippen molar-refractivity contribution in [3.8, 4) is 5.75 Å². The van der Waals surface area contributed by atoms with Gasteiger partial charge in [0, 0.05) is 17.0 Å². The van der Waals surface area contributed by atoms with Gasteiger partial charge in [0.15, 0.2) is 5.78 Å². The number of Topliss-reactive ketones (excluding diaryl/α,β-unsaturated/α-hetero) is 1. The highest BCUT2D eigenvalue weighted by molar-refractivity contribution is 5.97. The summed E-state index contributed by atoms with van der Waals surface area (Å²) < 4.78 is 6.93. The molecular weight excluding hydrogens is 314 g/mol. The quantitative estimate of drug-likeness (QED) is 0.681. The Kier molecular flexibility index (Phi) is 4.45. The minimum absolute atomic E-state index is 0.0154. The maximum atomic E-state index is 12.8. The lowest BCUT2D eigenvalue weighted by atomic mass is 10.0. The third-order valence-corrected chi connectivity index (χ3v) is 4.65. The summed E-state index contributed by atoms with van der Waals surface area (Å²) >= 11 is 0. The average Bonchev–Trinajstić information content (AvgIpc) is 2.60. The van der Waals surface area contributed by atoms with Crippen LogP contribution in [-0.4, -0.2) is 17.5 Å². The molecule has 0 atom stereocenters. The number of benzene rings is 2. The number of pyridine rings is 1. The maximum absolute atomic E-state index is 12.8. The molecule has 0 aliphatic rings. The molecular formula is C21H21NO3. The molecule has 0 fully saturated rings. The van der Waals surface area contributed by atoms with Gasteiger partial charge < -0.3 is 4.74 Å². The van der Waals surface area contributed by atoms with E-state index in [1.54, 1.807) is 19.2 Å². The number of hydrogen-bond acceptors (Lipinski definition) is 3. The van der Waals surface area contributed by atoms with Gasteiger partial charge >= 0.3 is 0 Å². The van der Waals surface area contributed by atoms with Crippen LogP contribution in [0.2, 0.25) is 0 Å². The van der Waals surface area contributed by atoms with E-state index in [4.69, 9.17) is 4.74 Å². The molecule has 1 heterocycles. The molecule has 0 aliphatic carbocycles. The smallest absolute Gasteiger partial charge is 0.251 e. The first-order chi connectivity index (χ1) is 11.9. The average molecular weight is 335 g/mol. The van der Waals surface area contributed by atoms with E-state index < -0.39 is 0 Å². The van der Waals surface area contributed by atoms with Crippen LogP contribution in [0.15, 0.2) is 47.3 Å². The second-order valence-corrected chi connectivity index (χ2v) is 6.33. The number of aryl methyl sites for hydroxylation is 3. The van der Waals surface area contributed by atoms with Crippen molar-refractivity contribution in [1.29, 1.82) is 0 Å². The predicted molar refractivity (Wildman–Crippen MR) is 99.7 cm³/mol. The van der Waals surface area contributed by atoms with Gasteiger partial charge in [0.1, 0.15) is 5.75 Å². The van der Waals surface area contributed by atoms with Crippen LogP contribution in [0.4, 0.5) is 0 Å². The predicted octanol–water partition coefficient (Wildman–Crippen LogP) is 3.82. The monoisotopic (exact) mass is 335 g/mol. The fourth-order valence-corrected chi connectivity index (χ4v) is 3.04. The number of ether oxygens (including phenoxy) is 1. The summed E-state index contributed by atoms with van der Waals surface area (Å²) in [6, 6.07) is 12.8. The number of carbonyl (C=O) groups is 1. The largest absolute Gasteiger partial charge is 0.495 e. The Hall–Kier alpha value is -2.88. The number of fused-ring (bicyclic) bond motifs is 1. The standard InChI is InChI=1S/C21H21NO3/c1-13-8-9-16(10-14(13)2)18(23)12-22-20(24)11-15(3)17-6-5-7-19(25-4)21(17)22/h5-11H,12H2,1-4H3. The van der Waals surface area contributed by atoms with Crippen molar-refractivity contribution in [2.45, 2.75) is 27.3 Å². The molecule has 4 nitrogen and oxygen atoms in total. The molecule has 3 rings (SSSR count). The highest BCUT2D eigenvalue weighted by Gasteiger charge is 2.15. The van der Waals surface area contributed by atoms with E-state index in [1.807, 2.05) is 51.1 Å². The summed E-state index contributed by atoms with van der Waals surface area (Å²) in [6.45, 7) is 5.85. The van der Waals surface area contributed by atoms with Crippen molar-refractivity contribution in [2.24, 2.45) is 0 Å². The van der Waals surface area contributed by atoms with E-state index >= 15 is 0 Å². The number of carbonyl (C=O) groups excluding carboxylic acids is 1. The lowest BCUT2D eigenvalue weighted by Crippen LogP contribution is -2.25. The first kappa shape index (κ1) is 17.0. The number of ketones is 1. The van der Waals surface area contributed by atoms with Crippen LogP contribution in [0.5, 0.6) is 5.75 Å². The Morgan fingerprint density at radius 3 is 2.44 bits per heavy atom. The molecule has 2 aromatic carbocycles. The van der Waals surface area contributed by atoms with Crippen molar-refractivity contribution in [3.05, 3.63) is 75.1 Å². The summed E-state index contributed by atoms with van der Waals surface area (Å²) in [6.07, 6.45) is 0. The lowest BCUT2D eigenvalue weighted by Gasteiger charge is -2.14. The van der Waals surface area contributed by atoms with Crippen LogP contribution in [-0.2, 0) is 6.54 Å². The van der Waals surface area contributed by atoms with Crippen LogP contribution in [0.25, 0.3) is 10.9 Å². The second kappa shape index (κ2) is 6.55. The zero-order chi connectivity index (χ0) is 18.1. The minimum atomic E-state index is -0.202. The highest BCUT2D eigenvalue weighted by Crippen LogP contribution is 2.26. The Morgan fingerprint density at radius 2 is 1.76 bits per heavy atom. The second-order valence-electron chi connectivity index (χ2n) is 6.33. The molecule has 4 heteroatoms. The fourth-order valence-electron chi connectivity index (χ4n) is 3.04. The van der Waals surface area contributed by atoms with Crippen LogP contribution in [0.1, 0.15) is 27.0 Å². The van der Waals surface area contributed by atoms with Gasteiger partial charge in [-0.2, -0.15) is 0 Å². The molecule has 0 amide bonds.